The van der Waals surface area contributed by atoms with Gasteiger partial charge in [-0.1, -0.05) is 30.9 Å². The third-order valence-corrected chi connectivity index (χ3v) is 7.02. The average Bonchev–Trinajstić information content (AvgIpc) is 3.16. The highest BCUT2D eigenvalue weighted by atomic mass is 35.5. The maximum absolute atomic E-state index is 14.1. The standard InChI is InChI=1S/C25H26ClF2N5O/c26-19-9-8-18(13-20(19)28)30-24-23(16-4-6-17(27)7-5-16)31-22-14-32(10-11-33(22)24)25(34)21(29)12-15-2-1-3-15/h4-9,13,15,21,30H,1-3,10-12,14,29H2/t21-/m0/s1. The van der Waals surface area contributed by atoms with Crippen LogP contribution in [0.5, 0.6) is 0 Å². The summed E-state index contributed by atoms with van der Waals surface area (Å²) in [5.74, 6) is 0.941. The van der Waals surface area contributed by atoms with E-state index in [1.54, 1.807) is 23.1 Å². The Hall–Kier alpha value is -2.97. The number of amides is 1. The molecule has 9 heteroatoms. The molecule has 1 saturated carbocycles. The molecule has 6 nitrogen and oxygen atoms in total. The van der Waals surface area contributed by atoms with Crippen LogP contribution in [0.1, 0.15) is 31.5 Å². The Morgan fingerprint density at radius 1 is 1.18 bits per heavy atom. The number of nitrogens with one attached hydrogen (secondary N) is 1. The van der Waals surface area contributed by atoms with Gasteiger partial charge in [0.1, 0.15) is 29.0 Å². The smallest absolute Gasteiger partial charge is 0.239 e. The summed E-state index contributed by atoms with van der Waals surface area (Å²) >= 11 is 5.83. The summed E-state index contributed by atoms with van der Waals surface area (Å²) in [4.78, 5) is 19.5. The molecule has 0 unspecified atom stereocenters. The van der Waals surface area contributed by atoms with Gasteiger partial charge in [-0.2, -0.15) is 0 Å². The zero-order valence-corrected chi connectivity index (χ0v) is 19.4. The van der Waals surface area contributed by atoms with Gasteiger partial charge in [-0.05, 0) is 54.8 Å². The summed E-state index contributed by atoms with van der Waals surface area (Å²) in [5, 5.41) is 3.28. The highest BCUT2D eigenvalue weighted by molar-refractivity contribution is 6.30. The molecule has 1 aromatic heterocycles. The summed E-state index contributed by atoms with van der Waals surface area (Å²) in [5.41, 5.74) is 8.05. The molecule has 1 fully saturated rings. The number of anilines is 2. The van der Waals surface area contributed by atoms with E-state index in [0.717, 1.165) is 19.3 Å². The van der Waals surface area contributed by atoms with Gasteiger partial charge >= 0.3 is 0 Å². The molecular weight excluding hydrogens is 460 g/mol. The quantitative estimate of drug-likeness (QED) is 0.510. The number of nitrogens with two attached hydrogens (primary N) is 1. The van der Waals surface area contributed by atoms with E-state index in [9.17, 15) is 13.6 Å². The first-order valence-corrected chi connectivity index (χ1v) is 11.9. The van der Waals surface area contributed by atoms with Crippen molar-refractivity contribution < 1.29 is 13.6 Å². The van der Waals surface area contributed by atoms with E-state index in [0.29, 0.717) is 54.1 Å². The van der Waals surface area contributed by atoms with E-state index in [2.05, 4.69) is 5.32 Å². The highest BCUT2D eigenvalue weighted by Crippen LogP contribution is 2.35. The van der Waals surface area contributed by atoms with E-state index in [4.69, 9.17) is 22.3 Å². The van der Waals surface area contributed by atoms with E-state index >= 15 is 0 Å². The van der Waals surface area contributed by atoms with Crippen molar-refractivity contribution in [1.29, 1.82) is 0 Å². The van der Waals surface area contributed by atoms with Crippen LogP contribution in [0.25, 0.3) is 11.3 Å². The Morgan fingerprint density at radius 2 is 1.94 bits per heavy atom. The third-order valence-electron chi connectivity index (χ3n) is 6.71. The Labute approximate surface area is 201 Å². The fraction of sp³-hybridized carbons (Fsp3) is 0.360. The fourth-order valence-corrected chi connectivity index (χ4v) is 4.71. The second-order valence-electron chi connectivity index (χ2n) is 9.04. The van der Waals surface area contributed by atoms with Gasteiger partial charge in [0.2, 0.25) is 5.91 Å². The van der Waals surface area contributed by atoms with Gasteiger partial charge in [-0.25, -0.2) is 13.8 Å². The molecule has 178 valence electrons. The maximum atomic E-state index is 14.1. The second-order valence-corrected chi connectivity index (χ2v) is 9.44. The maximum Gasteiger partial charge on any atom is 0.239 e. The number of rotatable bonds is 6. The molecule has 3 aromatic rings. The van der Waals surface area contributed by atoms with Crippen molar-refractivity contribution in [3.8, 4) is 11.3 Å². The minimum atomic E-state index is -0.536. The number of fused-ring (bicyclic) bond motifs is 1. The zero-order chi connectivity index (χ0) is 23.8. The van der Waals surface area contributed by atoms with Gasteiger partial charge in [-0.15, -0.1) is 0 Å². The Kier molecular flexibility index (Phi) is 6.27. The summed E-state index contributed by atoms with van der Waals surface area (Å²) in [6.45, 7) is 1.32. The number of nitrogens with zero attached hydrogens (tertiary/aromatic N) is 3. The van der Waals surface area contributed by atoms with Crippen LogP contribution in [0.4, 0.5) is 20.3 Å². The largest absolute Gasteiger partial charge is 0.340 e. The number of benzene rings is 2. The molecule has 34 heavy (non-hydrogen) atoms. The van der Waals surface area contributed by atoms with Crippen LogP contribution in [-0.2, 0) is 17.9 Å². The van der Waals surface area contributed by atoms with Gasteiger partial charge in [0.05, 0.1) is 17.6 Å². The molecule has 1 atom stereocenters. The summed E-state index contributed by atoms with van der Waals surface area (Å²) < 4.78 is 29.6. The number of aromatic nitrogens is 2. The highest BCUT2D eigenvalue weighted by Gasteiger charge is 2.31. The van der Waals surface area contributed by atoms with Crippen LogP contribution in [0.3, 0.4) is 0 Å². The predicted molar refractivity (Wildman–Crippen MR) is 128 cm³/mol. The Morgan fingerprint density at radius 3 is 2.62 bits per heavy atom. The number of halogens is 3. The van der Waals surface area contributed by atoms with Crippen molar-refractivity contribution >= 4 is 29.0 Å². The fourth-order valence-electron chi connectivity index (χ4n) is 4.59. The summed E-state index contributed by atoms with van der Waals surface area (Å²) in [6.07, 6.45) is 4.23. The van der Waals surface area contributed by atoms with Crippen LogP contribution in [0.15, 0.2) is 42.5 Å². The predicted octanol–water partition coefficient (Wildman–Crippen LogP) is 5.09. The monoisotopic (exact) mass is 485 g/mol. The molecule has 2 aliphatic rings. The van der Waals surface area contributed by atoms with Gasteiger partial charge in [0, 0.05) is 24.3 Å². The zero-order valence-electron chi connectivity index (χ0n) is 18.6. The molecule has 0 radical (unpaired) electrons. The lowest BCUT2D eigenvalue weighted by Gasteiger charge is -2.33. The molecule has 1 aliphatic heterocycles. The van der Waals surface area contributed by atoms with Crippen LogP contribution in [0.2, 0.25) is 5.02 Å². The van der Waals surface area contributed by atoms with E-state index in [1.807, 2.05) is 4.57 Å². The van der Waals surface area contributed by atoms with Crippen LogP contribution < -0.4 is 11.1 Å². The lowest BCUT2D eigenvalue weighted by Crippen LogP contribution is -2.48. The molecular formula is C25H26ClF2N5O. The van der Waals surface area contributed by atoms with E-state index in [1.165, 1.54) is 30.7 Å². The van der Waals surface area contributed by atoms with E-state index < -0.39 is 11.9 Å². The SMILES string of the molecule is N[C@@H](CC1CCC1)C(=O)N1CCn2c(nc(-c3ccc(F)cc3)c2Nc2ccc(Cl)c(F)c2)C1. The van der Waals surface area contributed by atoms with Gasteiger partial charge in [0.15, 0.2) is 0 Å². The number of carbonyl (C=O) groups excluding carboxylic acids is 1. The van der Waals surface area contributed by atoms with E-state index in [-0.39, 0.29) is 16.7 Å². The average molecular weight is 486 g/mol. The normalized spacial score (nSPS) is 16.6. The first kappa shape index (κ1) is 22.8. The lowest BCUT2D eigenvalue weighted by molar-refractivity contribution is -0.134. The minimum Gasteiger partial charge on any atom is -0.340 e. The molecule has 0 saturated heterocycles. The van der Waals surface area contributed by atoms with Crippen molar-refractivity contribution in [3.63, 3.8) is 0 Å². The molecule has 2 aromatic carbocycles. The molecule has 5 rings (SSSR count). The molecule has 3 N–H and O–H groups in total. The summed E-state index contributed by atoms with van der Waals surface area (Å²) in [6, 6.07) is 10.0. The second kappa shape index (κ2) is 9.35. The van der Waals surface area contributed by atoms with Crippen molar-refractivity contribution in [2.75, 3.05) is 11.9 Å². The number of carbonyl (C=O) groups is 1. The van der Waals surface area contributed by atoms with Crippen molar-refractivity contribution in [2.45, 2.75) is 44.8 Å². The van der Waals surface area contributed by atoms with Crippen molar-refractivity contribution in [1.82, 2.24) is 14.5 Å². The molecule has 1 aliphatic carbocycles. The minimum absolute atomic E-state index is 0.0343. The molecule has 0 spiro atoms. The third kappa shape index (κ3) is 4.52. The first-order valence-electron chi connectivity index (χ1n) is 11.5. The van der Waals surface area contributed by atoms with Gasteiger partial charge in [-0.3, -0.25) is 4.79 Å². The van der Waals surface area contributed by atoms with Crippen LogP contribution in [-0.4, -0.2) is 32.9 Å². The first-order chi connectivity index (χ1) is 16.4. The summed E-state index contributed by atoms with van der Waals surface area (Å²) in [7, 11) is 0. The topological polar surface area (TPSA) is 76.2 Å². The van der Waals surface area contributed by atoms with Crippen LogP contribution in [0, 0.1) is 17.6 Å². The molecule has 1 amide bonds. The van der Waals surface area contributed by atoms with Crippen molar-refractivity contribution in [2.24, 2.45) is 11.7 Å². The van der Waals surface area contributed by atoms with Gasteiger partial charge in [0.25, 0.3) is 0 Å². The number of hydrogen-bond acceptors (Lipinski definition) is 4. The van der Waals surface area contributed by atoms with Crippen LogP contribution >= 0.6 is 11.6 Å². The number of imidazole rings is 1. The molecule has 2 heterocycles. The van der Waals surface area contributed by atoms with Gasteiger partial charge < -0.3 is 20.5 Å². The Balaban J connectivity index is 1.44. The van der Waals surface area contributed by atoms with Crippen molar-refractivity contribution in [3.05, 3.63) is 64.9 Å². The molecule has 0 bridgehead atoms. The number of hydrogen-bond donors (Lipinski definition) is 2. The lowest BCUT2D eigenvalue weighted by atomic mass is 9.81. The Bertz CT molecular complexity index is 1210.